The summed E-state index contributed by atoms with van der Waals surface area (Å²) < 4.78 is 10.5. The van der Waals surface area contributed by atoms with Gasteiger partial charge in [0.25, 0.3) is 0 Å². The molecule has 0 bridgehead atoms. The standard InChI is InChI=1S/C22H28O6/c1-15(23)12-13-21(2)18(24)11-10-17(22(21,3)20(26)27-4)14-28-19(25)16-8-6-5-7-9-16/h5-9,17H,10-14H2,1-4H3/t17-,21-,22+/m0/s1. The molecule has 0 aliphatic heterocycles. The van der Waals surface area contributed by atoms with Gasteiger partial charge >= 0.3 is 11.9 Å². The fraction of sp³-hybridized carbons (Fsp3) is 0.545. The Balaban J connectivity index is 2.29. The first-order chi connectivity index (χ1) is 13.2. The molecule has 0 spiro atoms. The van der Waals surface area contributed by atoms with Crippen molar-refractivity contribution in [1.29, 1.82) is 0 Å². The second-order valence-corrected chi connectivity index (χ2v) is 7.85. The lowest BCUT2D eigenvalue weighted by atomic mass is 9.51. The molecule has 0 N–H and O–H groups in total. The SMILES string of the molecule is COC(=O)[C@@]1(C)[C@H](COC(=O)c2ccccc2)CCC(=O)[C@]1(C)CCC(C)=O. The first kappa shape index (κ1) is 21.8. The predicted octanol–water partition coefficient (Wildman–Crippen LogP) is 3.38. The zero-order valence-corrected chi connectivity index (χ0v) is 16.9. The minimum Gasteiger partial charge on any atom is -0.469 e. The number of Topliss-reactive ketones (excluding diaryl/α,β-unsaturated/α-hetero) is 2. The molecule has 0 aromatic heterocycles. The molecule has 0 heterocycles. The Bertz CT molecular complexity index is 756. The van der Waals surface area contributed by atoms with Gasteiger partial charge in [-0.05, 0) is 38.8 Å². The van der Waals surface area contributed by atoms with Crippen LogP contribution in [0.5, 0.6) is 0 Å². The largest absolute Gasteiger partial charge is 0.469 e. The summed E-state index contributed by atoms with van der Waals surface area (Å²) in [6, 6.07) is 8.60. The van der Waals surface area contributed by atoms with Crippen LogP contribution in [0.25, 0.3) is 0 Å². The van der Waals surface area contributed by atoms with E-state index in [0.29, 0.717) is 12.0 Å². The van der Waals surface area contributed by atoms with Crippen molar-refractivity contribution in [3.63, 3.8) is 0 Å². The molecule has 1 aliphatic rings. The highest BCUT2D eigenvalue weighted by molar-refractivity contribution is 5.94. The molecular formula is C22H28O6. The smallest absolute Gasteiger partial charge is 0.338 e. The van der Waals surface area contributed by atoms with Crippen molar-refractivity contribution in [3.8, 4) is 0 Å². The number of rotatable bonds is 7. The number of ketones is 2. The monoisotopic (exact) mass is 388 g/mol. The molecule has 1 saturated carbocycles. The van der Waals surface area contributed by atoms with Crippen molar-refractivity contribution in [1.82, 2.24) is 0 Å². The highest BCUT2D eigenvalue weighted by Crippen LogP contribution is 2.55. The molecule has 6 heteroatoms. The summed E-state index contributed by atoms with van der Waals surface area (Å²) in [4.78, 5) is 49.5. The highest BCUT2D eigenvalue weighted by Gasteiger charge is 2.61. The number of carbonyl (C=O) groups is 4. The minimum atomic E-state index is -1.19. The van der Waals surface area contributed by atoms with Gasteiger partial charge in [0.05, 0.1) is 24.7 Å². The first-order valence-corrected chi connectivity index (χ1v) is 9.50. The van der Waals surface area contributed by atoms with Gasteiger partial charge < -0.3 is 14.3 Å². The van der Waals surface area contributed by atoms with Gasteiger partial charge in [-0.2, -0.15) is 0 Å². The van der Waals surface area contributed by atoms with Crippen molar-refractivity contribution >= 4 is 23.5 Å². The van der Waals surface area contributed by atoms with Crippen molar-refractivity contribution in [2.45, 2.75) is 46.5 Å². The van der Waals surface area contributed by atoms with E-state index in [1.54, 1.807) is 44.2 Å². The van der Waals surface area contributed by atoms with Crippen LogP contribution in [0, 0.1) is 16.7 Å². The van der Waals surface area contributed by atoms with Gasteiger partial charge in [-0.25, -0.2) is 4.79 Å². The van der Waals surface area contributed by atoms with Crippen LogP contribution in [0.4, 0.5) is 0 Å². The van der Waals surface area contributed by atoms with Gasteiger partial charge in [0, 0.05) is 24.2 Å². The Morgan fingerprint density at radius 1 is 1.14 bits per heavy atom. The van der Waals surface area contributed by atoms with E-state index >= 15 is 0 Å². The second kappa shape index (κ2) is 8.67. The van der Waals surface area contributed by atoms with E-state index < -0.39 is 22.8 Å². The zero-order valence-electron chi connectivity index (χ0n) is 16.9. The fourth-order valence-corrected chi connectivity index (χ4v) is 4.12. The fourth-order valence-electron chi connectivity index (χ4n) is 4.12. The number of esters is 2. The molecule has 0 unspecified atom stereocenters. The number of benzene rings is 1. The molecule has 1 fully saturated rings. The Hall–Kier alpha value is -2.50. The Morgan fingerprint density at radius 2 is 1.79 bits per heavy atom. The summed E-state index contributed by atoms with van der Waals surface area (Å²) in [5.41, 5.74) is -1.83. The number of ether oxygens (including phenoxy) is 2. The third-order valence-corrected chi connectivity index (χ3v) is 6.31. The molecule has 0 amide bonds. The molecule has 0 radical (unpaired) electrons. The van der Waals surface area contributed by atoms with E-state index in [2.05, 4.69) is 0 Å². The quantitative estimate of drug-likeness (QED) is 0.666. The molecule has 0 saturated heterocycles. The van der Waals surface area contributed by atoms with Crippen LogP contribution >= 0.6 is 0 Å². The van der Waals surface area contributed by atoms with Gasteiger partial charge in [0.1, 0.15) is 11.6 Å². The maximum absolute atomic E-state index is 12.8. The van der Waals surface area contributed by atoms with Crippen molar-refractivity contribution in [2.24, 2.45) is 16.7 Å². The maximum atomic E-state index is 12.8. The van der Waals surface area contributed by atoms with Gasteiger partial charge in [0.15, 0.2) is 0 Å². The van der Waals surface area contributed by atoms with E-state index in [1.165, 1.54) is 14.0 Å². The molecule has 6 nitrogen and oxygen atoms in total. The van der Waals surface area contributed by atoms with Crippen molar-refractivity contribution in [2.75, 3.05) is 13.7 Å². The molecule has 28 heavy (non-hydrogen) atoms. The summed E-state index contributed by atoms with van der Waals surface area (Å²) in [6.07, 6.45) is 1.15. The van der Waals surface area contributed by atoms with E-state index in [-0.39, 0.29) is 43.4 Å². The third-order valence-electron chi connectivity index (χ3n) is 6.31. The lowest BCUT2D eigenvalue weighted by Gasteiger charge is -2.51. The first-order valence-electron chi connectivity index (χ1n) is 9.50. The molecule has 1 aromatic carbocycles. The Labute approximate surface area is 165 Å². The van der Waals surface area contributed by atoms with Gasteiger partial charge in [0.2, 0.25) is 0 Å². The summed E-state index contributed by atoms with van der Waals surface area (Å²) in [6.45, 7) is 4.88. The lowest BCUT2D eigenvalue weighted by molar-refractivity contribution is -0.179. The maximum Gasteiger partial charge on any atom is 0.338 e. The molecule has 1 aromatic rings. The van der Waals surface area contributed by atoms with E-state index in [0.717, 1.165) is 0 Å². The average Bonchev–Trinajstić information content (AvgIpc) is 2.69. The van der Waals surface area contributed by atoms with Crippen LogP contribution in [-0.4, -0.2) is 37.2 Å². The van der Waals surface area contributed by atoms with Crippen LogP contribution in [0.1, 0.15) is 56.8 Å². The predicted molar refractivity (Wildman–Crippen MR) is 103 cm³/mol. The second-order valence-electron chi connectivity index (χ2n) is 7.85. The number of hydrogen-bond acceptors (Lipinski definition) is 6. The van der Waals surface area contributed by atoms with E-state index in [9.17, 15) is 19.2 Å². The van der Waals surface area contributed by atoms with Gasteiger partial charge in [-0.3, -0.25) is 9.59 Å². The van der Waals surface area contributed by atoms with Crippen LogP contribution in [-0.2, 0) is 23.9 Å². The van der Waals surface area contributed by atoms with Crippen LogP contribution in [0.15, 0.2) is 30.3 Å². The molecule has 152 valence electrons. The van der Waals surface area contributed by atoms with E-state index in [1.807, 2.05) is 0 Å². The third kappa shape index (κ3) is 4.01. The molecule has 3 atom stereocenters. The van der Waals surface area contributed by atoms with Crippen LogP contribution in [0.3, 0.4) is 0 Å². The van der Waals surface area contributed by atoms with Crippen molar-refractivity contribution in [3.05, 3.63) is 35.9 Å². The van der Waals surface area contributed by atoms with Gasteiger partial charge in [-0.1, -0.05) is 25.1 Å². The summed E-state index contributed by atoms with van der Waals surface area (Å²) >= 11 is 0. The average molecular weight is 388 g/mol. The Kier molecular flexibility index (Phi) is 6.75. The normalized spacial score (nSPS) is 27.1. The highest BCUT2D eigenvalue weighted by atomic mass is 16.5. The summed E-state index contributed by atoms with van der Waals surface area (Å²) in [5, 5.41) is 0. The number of hydrogen-bond donors (Lipinski definition) is 0. The zero-order chi connectivity index (χ0) is 20.9. The molecular weight excluding hydrogens is 360 g/mol. The summed E-state index contributed by atoms with van der Waals surface area (Å²) in [5.74, 6) is -1.49. The van der Waals surface area contributed by atoms with Crippen molar-refractivity contribution < 1.29 is 28.7 Å². The summed E-state index contributed by atoms with van der Waals surface area (Å²) in [7, 11) is 1.28. The lowest BCUT2D eigenvalue weighted by Crippen LogP contribution is -2.58. The topological polar surface area (TPSA) is 86.7 Å². The van der Waals surface area contributed by atoms with Gasteiger partial charge in [-0.15, -0.1) is 0 Å². The van der Waals surface area contributed by atoms with E-state index in [4.69, 9.17) is 9.47 Å². The molecule has 2 rings (SSSR count). The number of carbonyl (C=O) groups excluding carboxylic acids is 4. The number of methoxy groups -OCH3 is 1. The Morgan fingerprint density at radius 3 is 2.36 bits per heavy atom. The van der Waals surface area contributed by atoms with Crippen LogP contribution in [0.2, 0.25) is 0 Å². The minimum absolute atomic E-state index is 0.00225. The molecule has 1 aliphatic carbocycles. The van der Waals surface area contributed by atoms with Crippen LogP contribution < -0.4 is 0 Å².